The first-order valence-electron chi connectivity index (χ1n) is 7.67. The van der Waals surface area contributed by atoms with Crippen molar-refractivity contribution in [3.63, 3.8) is 0 Å². The number of aryl methyl sites for hydroxylation is 1. The lowest BCUT2D eigenvalue weighted by Gasteiger charge is -2.15. The molecule has 0 aliphatic rings. The highest BCUT2D eigenvalue weighted by Crippen LogP contribution is 2.24. The minimum absolute atomic E-state index is 0.890. The molecule has 1 nitrogen and oxygen atoms in total. The maximum absolute atomic E-state index is 4.38. The van der Waals surface area contributed by atoms with Gasteiger partial charge in [0.2, 0.25) is 0 Å². The maximum atomic E-state index is 4.38. The van der Waals surface area contributed by atoms with Crippen molar-refractivity contribution in [2.24, 2.45) is 5.92 Å². The smallest absolute Gasteiger partial charge is 0.0896 e. The highest BCUT2D eigenvalue weighted by molar-refractivity contribution is 7.11. The molecule has 1 rings (SSSR count). The Bertz CT molecular complexity index is 306. The minimum Gasteiger partial charge on any atom is -0.250 e. The third-order valence-electron chi connectivity index (χ3n) is 3.59. The van der Waals surface area contributed by atoms with E-state index in [4.69, 9.17) is 0 Å². The zero-order valence-electron chi connectivity index (χ0n) is 12.4. The van der Waals surface area contributed by atoms with Gasteiger partial charge in [0, 0.05) is 11.1 Å². The molecule has 104 valence electrons. The summed E-state index contributed by atoms with van der Waals surface area (Å²) in [6, 6.07) is 0. The molecule has 0 amide bonds. The van der Waals surface area contributed by atoms with E-state index < -0.39 is 0 Å². The number of nitrogens with zero attached hydrogens (tertiary/aromatic N) is 1. The molecule has 1 heterocycles. The Morgan fingerprint density at radius 1 is 1.06 bits per heavy atom. The van der Waals surface area contributed by atoms with E-state index >= 15 is 0 Å². The van der Waals surface area contributed by atoms with Gasteiger partial charge in [-0.25, -0.2) is 4.98 Å². The fourth-order valence-corrected chi connectivity index (χ4v) is 3.39. The van der Waals surface area contributed by atoms with E-state index in [2.05, 4.69) is 32.0 Å². The van der Waals surface area contributed by atoms with Gasteiger partial charge in [-0.15, -0.1) is 11.3 Å². The standard InChI is InChI=1S/C16H29NS/c1-4-6-8-9-11-15(10-7-5-2)12-16-13-17-14(3)18-16/h13,15H,4-12H2,1-3H3. The SMILES string of the molecule is CCCCCCC(CCCC)Cc1cnc(C)s1. The second-order valence-corrected chi connectivity index (χ2v) is 6.73. The fraction of sp³-hybridized carbons (Fsp3) is 0.812. The predicted octanol–water partition coefficient (Wildman–Crippen LogP) is 5.77. The van der Waals surface area contributed by atoms with Crippen molar-refractivity contribution in [1.29, 1.82) is 0 Å². The van der Waals surface area contributed by atoms with Crippen LogP contribution in [-0.2, 0) is 6.42 Å². The van der Waals surface area contributed by atoms with Crippen LogP contribution in [-0.4, -0.2) is 4.98 Å². The molecule has 18 heavy (non-hydrogen) atoms. The lowest BCUT2D eigenvalue weighted by molar-refractivity contribution is 0.412. The molecule has 0 aromatic carbocycles. The van der Waals surface area contributed by atoms with Gasteiger partial charge >= 0.3 is 0 Å². The maximum Gasteiger partial charge on any atom is 0.0896 e. The Kier molecular flexibility index (Phi) is 8.32. The molecule has 0 radical (unpaired) electrons. The van der Waals surface area contributed by atoms with E-state index in [0.717, 1.165) is 5.92 Å². The monoisotopic (exact) mass is 267 g/mol. The van der Waals surface area contributed by atoms with Crippen molar-refractivity contribution in [2.45, 2.75) is 78.6 Å². The summed E-state index contributed by atoms with van der Waals surface area (Å²) >= 11 is 1.88. The third kappa shape index (κ3) is 6.53. The largest absolute Gasteiger partial charge is 0.250 e. The van der Waals surface area contributed by atoms with E-state index in [1.165, 1.54) is 67.7 Å². The van der Waals surface area contributed by atoms with Crippen LogP contribution in [0.1, 0.15) is 75.1 Å². The highest BCUT2D eigenvalue weighted by Gasteiger charge is 2.11. The van der Waals surface area contributed by atoms with Crippen molar-refractivity contribution >= 4 is 11.3 Å². The predicted molar refractivity (Wildman–Crippen MR) is 82.3 cm³/mol. The van der Waals surface area contributed by atoms with Gasteiger partial charge in [-0.05, 0) is 19.3 Å². The van der Waals surface area contributed by atoms with E-state index in [-0.39, 0.29) is 0 Å². The van der Waals surface area contributed by atoms with Crippen molar-refractivity contribution in [1.82, 2.24) is 4.98 Å². The van der Waals surface area contributed by atoms with Gasteiger partial charge in [-0.2, -0.15) is 0 Å². The summed E-state index contributed by atoms with van der Waals surface area (Å²) in [5.41, 5.74) is 0. The first-order chi connectivity index (χ1) is 8.76. The first kappa shape index (κ1) is 15.7. The van der Waals surface area contributed by atoms with Crippen LogP contribution in [0.25, 0.3) is 0 Å². The fourth-order valence-electron chi connectivity index (χ4n) is 2.49. The first-order valence-corrected chi connectivity index (χ1v) is 8.49. The van der Waals surface area contributed by atoms with Crippen LogP contribution in [0, 0.1) is 12.8 Å². The quantitative estimate of drug-likeness (QED) is 0.490. The molecule has 0 bridgehead atoms. The highest BCUT2D eigenvalue weighted by atomic mass is 32.1. The van der Waals surface area contributed by atoms with Crippen LogP contribution in [0.2, 0.25) is 0 Å². The summed E-state index contributed by atoms with van der Waals surface area (Å²) in [5, 5.41) is 1.21. The molecule has 0 saturated heterocycles. The average molecular weight is 267 g/mol. The van der Waals surface area contributed by atoms with E-state index in [1.54, 1.807) is 0 Å². The molecular formula is C16H29NS. The van der Waals surface area contributed by atoms with Crippen LogP contribution < -0.4 is 0 Å². The van der Waals surface area contributed by atoms with Crippen LogP contribution in [0.5, 0.6) is 0 Å². The lowest BCUT2D eigenvalue weighted by Crippen LogP contribution is -2.04. The number of aromatic nitrogens is 1. The number of unbranched alkanes of at least 4 members (excludes halogenated alkanes) is 4. The van der Waals surface area contributed by atoms with Crippen LogP contribution in [0.4, 0.5) is 0 Å². The van der Waals surface area contributed by atoms with Gasteiger partial charge in [-0.1, -0.05) is 65.2 Å². The Morgan fingerprint density at radius 3 is 2.39 bits per heavy atom. The van der Waals surface area contributed by atoms with Crippen molar-refractivity contribution in [2.75, 3.05) is 0 Å². The molecule has 1 aromatic rings. The van der Waals surface area contributed by atoms with Crippen molar-refractivity contribution < 1.29 is 0 Å². The molecule has 0 aliphatic heterocycles. The topological polar surface area (TPSA) is 12.9 Å². The Balaban J connectivity index is 2.34. The molecule has 0 fully saturated rings. The summed E-state index contributed by atoms with van der Waals surface area (Å²) in [5.74, 6) is 0.890. The van der Waals surface area contributed by atoms with Crippen molar-refractivity contribution in [3.05, 3.63) is 16.1 Å². The zero-order valence-corrected chi connectivity index (χ0v) is 13.2. The molecule has 0 spiro atoms. The Hall–Kier alpha value is -0.370. The number of hydrogen-bond donors (Lipinski definition) is 0. The summed E-state index contributed by atoms with van der Waals surface area (Å²) < 4.78 is 0. The Morgan fingerprint density at radius 2 is 1.78 bits per heavy atom. The molecule has 0 N–H and O–H groups in total. The molecule has 0 saturated carbocycles. The molecule has 1 unspecified atom stereocenters. The minimum atomic E-state index is 0.890. The number of hydrogen-bond acceptors (Lipinski definition) is 2. The third-order valence-corrected chi connectivity index (χ3v) is 4.53. The molecule has 1 atom stereocenters. The second kappa shape index (κ2) is 9.55. The summed E-state index contributed by atoms with van der Waals surface area (Å²) in [4.78, 5) is 5.87. The van der Waals surface area contributed by atoms with Crippen molar-refractivity contribution in [3.8, 4) is 0 Å². The van der Waals surface area contributed by atoms with Crippen LogP contribution in [0.3, 0.4) is 0 Å². The van der Waals surface area contributed by atoms with E-state index in [9.17, 15) is 0 Å². The summed E-state index contributed by atoms with van der Waals surface area (Å²) in [6.07, 6.45) is 14.5. The summed E-state index contributed by atoms with van der Waals surface area (Å²) in [6.45, 7) is 6.69. The Labute approximate surface area is 117 Å². The molecular weight excluding hydrogens is 238 g/mol. The molecule has 2 heteroatoms. The number of rotatable bonds is 10. The number of thiazole rings is 1. The second-order valence-electron chi connectivity index (χ2n) is 5.41. The molecule has 0 aliphatic carbocycles. The van der Waals surface area contributed by atoms with Gasteiger partial charge in [0.1, 0.15) is 0 Å². The van der Waals surface area contributed by atoms with Gasteiger partial charge in [0.15, 0.2) is 0 Å². The normalized spacial score (nSPS) is 12.8. The van der Waals surface area contributed by atoms with E-state index in [1.807, 2.05) is 11.3 Å². The van der Waals surface area contributed by atoms with Crippen LogP contribution >= 0.6 is 11.3 Å². The van der Waals surface area contributed by atoms with Gasteiger partial charge in [0.05, 0.1) is 5.01 Å². The summed E-state index contributed by atoms with van der Waals surface area (Å²) in [7, 11) is 0. The van der Waals surface area contributed by atoms with Gasteiger partial charge in [0.25, 0.3) is 0 Å². The lowest BCUT2D eigenvalue weighted by atomic mass is 9.92. The molecule has 1 aromatic heterocycles. The van der Waals surface area contributed by atoms with Gasteiger partial charge in [-0.3, -0.25) is 0 Å². The average Bonchev–Trinajstić information content (AvgIpc) is 2.77. The van der Waals surface area contributed by atoms with E-state index in [0.29, 0.717) is 0 Å². The zero-order chi connectivity index (χ0) is 13.2. The van der Waals surface area contributed by atoms with Gasteiger partial charge < -0.3 is 0 Å². The van der Waals surface area contributed by atoms with Crippen LogP contribution in [0.15, 0.2) is 6.20 Å².